The second-order valence-corrected chi connectivity index (χ2v) is 4.67. The van der Waals surface area contributed by atoms with Gasteiger partial charge in [-0.15, -0.1) is 18.3 Å². The molecule has 0 N–H and O–H groups in total. The third-order valence-electron chi connectivity index (χ3n) is 2.65. The highest BCUT2D eigenvalue weighted by atomic mass is 32.2. The second kappa shape index (κ2) is 7.03. The van der Waals surface area contributed by atoms with Gasteiger partial charge in [-0.3, -0.25) is 0 Å². The van der Waals surface area contributed by atoms with Crippen LogP contribution < -0.4 is 4.90 Å². The van der Waals surface area contributed by atoms with Crippen LogP contribution >= 0.6 is 11.8 Å². The van der Waals surface area contributed by atoms with Gasteiger partial charge in [0.05, 0.1) is 11.3 Å². The first-order chi connectivity index (χ1) is 8.24. The smallest absolute Gasteiger partial charge is 0.102 e. The summed E-state index contributed by atoms with van der Waals surface area (Å²) in [5.74, 6) is 0. The van der Waals surface area contributed by atoms with Crippen molar-refractivity contribution in [3.8, 4) is 6.07 Å². The molecule has 0 aliphatic rings. The molecule has 1 rings (SSSR count). The lowest BCUT2D eigenvalue weighted by atomic mass is 10.1. The fourth-order valence-electron chi connectivity index (χ4n) is 1.71. The summed E-state index contributed by atoms with van der Waals surface area (Å²) >= 11 is 1.61. The summed E-state index contributed by atoms with van der Waals surface area (Å²) in [6.07, 6.45) is 6.00. The van der Waals surface area contributed by atoms with Gasteiger partial charge in [-0.1, -0.05) is 12.1 Å². The Kier molecular flexibility index (Phi) is 5.65. The standard InChI is InChI=1S/C14H18N2S/c1-4-5-6-10-16(2)13-8-7-9-14(17-3)12(13)11-15/h4,7-9H,1,5-6,10H2,2-3H3. The Hall–Kier alpha value is -1.40. The number of benzene rings is 1. The summed E-state index contributed by atoms with van der Waals surface area (Å²) in [4.78, 5) is 3.18. The summed E-state index contributed by atoms with van der Waals surface area (Å²) in [7, 11) is 2.03. The van der Waals surface area contributed by atoms with E-state index >= 15 is 0 Å². The third-order valence-corrected chi connectivity index (χ3v) is 3.43. The van der Waals surface area contributed by atoms with E-state index < -0.39 is 0 Å². The molecular formula is C14H18N2S. The van der Waals surface area contributed by atoms with Crippen molar-refractivity contribution in [2.75, 3.05) is 24.7 Å². The van der Waals surface area contributed by atoms with Gasteiger partial charge in [0.25, 0.3) is 0 Å². The number of anilines is 1. The zero-order valence-electron chi connectivity index (χ0n) is 10.4. The van der Waals surface area contributed by atoms with Crippen LogP contribution in [0.4, 0.5) is 5.69 Å². The zero-order valence-corrected chi connectivity index (χ0v) is 11.3. The van der Waals surface area contributed by atoms with Crippen LogP contribution in [-0.2, 0) is 0 Å². The number of unbranched alkanes of at least 4 members (excludes halogenated alkanes) is 1. The number of hydrogen-bond acceptors (Lipinski definition) is 3. The normalized spacial score (nSPS) is 9.71. The van der Waals surface area contributed by atoms with E-state index in [1.807, 2.05) is 37.6 Å². The van der Waals surface area contributed by atoms with Crippen molar-refractivity contribution in [1.29, 1.82) is 5.26 Å². The van der Waals surface area contributed by atoms with Gasteiger partial charge in [0.15, 0.2) is 0 Å². The first-order valence-corrected chi connectivity index (χ1v) is 6.86. The third kappa shape index (κ3) is 3.54. The first kappa shape index (κ1) is 13.7. The molecular weight excluding hydrogens is 228 g/mol. The molecule has 0 bridgehead atoms. The van der Waals surface area contributed by atoms with E-state index in [1.54, 1.807) is 11.8 Å². The van der Waals surface area contributed by atoms with Crippen molar-refractivity contribution in [1.82, 2.24) is 0 Å². The monoisotopic (exact) mass is 246 g/mol. The van der Waals surface area contributed by atoms with E-state index in [1.165, 1.54) is 0 Å². The minimum atomic E-state index is 0.779. The molecule has 17 heavy (non-hydrogen) atoms. The predicted molar refractivity (Wildman–Crippen MR) is 75.6 cm³/mol. The molecule has 1 aromatic carbocycles. The molecule has 0 atom stereocenters. The van der Waals surface area contributed by atoms with Crippen LogP contribution in [0.3, 0.4) is 0 Å². The van der Waals surface area contributed by atoms with Crippen molar-refractivity contribution in [3.05, 3.63) is 36.4 Å². The van der Waals surface area contributed by atoms with Gasteiger partial charge in [0.2, 0.25) is 0 Å². The van der Waals surface area contributed by atoms with Crippen LogP contribution in [0, 0.1) is 11.3 Å². The number of allylic oxidation sites excluding steroid dienone is 1. The molecule has 0 radical (unpaired) electrons. The number of rotatable bonds is 6. The maximum atomic E-state index is 9.24. The average Bonchev–Trinajstić information content (AvgIpc) is 2.37. The molecule has 0 unspecified atom stereocenters. The Labute approximate surface area is 108 Å². The summed E-state index contributed by atoms with van der Waals surface area (Å²) in [5, 5.41) is 9.24. The van der Waals surface area contributed by atoms with Crippen molar-refractivity contribution in [2.45, 2.75) is 17.7 Å². The van der Waals surface area contributed by atoms with Gasteiger partial charge in [-0.25, -0.2) is 0 Å². The maximum absolute atomic E-state index is 9.24. The van der Waals surface area contributed by atoms with E-state index in [0.717, 1.165) is 35.5 Å². The van der Waals surface area contributed by atoms with Crippen LogP contribution in [0.5, 0.6) is 0 Å². The molecule has 0 aliphatic carbocycles. The van der Waals surface area contributed by atoms with Crippen molar-refractivity contribution < 1.29 is 0 Å². The molecule has 3 heteroatoms. The predicted octanol–water partition coefficient (Wildman–Crippen LogP) is 3.68. The molecule has 0 amide bonds. The van der Waals surface area contributed by atoms with Crippen LogP contribution in [0.2, 0.25) is 0 Å². The topological polar surface area (TPSA) is 27.0 Å². The Morgan fingerprint density at radius 2 is 2.29 bits per heavy atom. The Morgan fingerprint density at radius 1 is 1.53 bits per heavy atom. The van der Waals surface area contributed by atoms with Gasteiger partial charge < -0.3 is 4.90 Å². The summed E-state index contributed by atoms with van der Waals surface area (Å²) in [6.45, 7) is 4.66. The SMILES string of the molecule is C=CCCCN(C)c1cccc(SC)c1C#N. The van der Waals surface area contributed by atoms with E-state index in [4.69, 9.17) is 0 Å². The highest BCUT2D eigenvalue weighted by Gasteiger charge is 2.10. The average molecular weight is 246 g/mol. The minimum Gasteiger partial charge on any atom is -0.373 e. The lowest BCUT2D eigenvalue weighted by Crippen LogP contribution is -2.19. The fraction of sp³-hybridized carbons (Fsp3) is 0.357. The molecule has 2 nitrogen and oxygen atoms in total. The molecule has 1 aromatic rings. The maximum Gasteiger partial charge on any atom is 0.102 e. The minimum absolute atomic E-state index is 0.779. The molecule has 0 aliphatic heterocycles. The van der Waals surface area contributed by atoms with E-state index in [2.05, 4.69) is 17.5 Å². The summed E-state index contributed by atoms with van der Waals surface area (Å²) in [5.41, 5.74) is 1.80. The molecule has 0 saturated carbocycles. The Balaban J connectivity index is 2.89. The highest BCUT2D eigenvalue weighted by Crippen LogP contribution is 2.28. The molecule has 0 saturated heterocycles. The highest BCUT2D eigenvalue weighted by molar-refractivity contribution is 7.98. The quantitative estimate of drug-likeness (QED) is 0.435. The number of nitriles is 1. The first-order valence-electron chi connectivity index (χ1n) is 5.63. The van der Waals surface area contributed by atoms with Crippen LogP contribution in [0.25, 0.3) is 0 Å². The van der Waals surface area contributed by atoms with E-state index in [9.17, 15) is 5.26 Å². The van der Waals surface area contributed by atoms with Gasteiger partial charge >= 0.3 is 0 Å². The lowest BCUT2D eigenvalue weighted by Gasteiger charge is -2.21. The molecule has 0 spiro atoms. The van der Waals surface area contributed by atoms with E-state index in [-0.39, 0.29) is 0 Å². The van der Waals surface area contributed by atoms with Gasteiger partial charge in [-0.05, 0) is 31.2 Å². The van der Waals surface area contributed by atoms with Gasteiger partial charge in [-0.2, -0.15) is 5.26 Å². The number of thioether (sulfide) groups is 1. The Bertz CT molecular complexity index is 421. The molecule has 0 heterocycles. The zero-order chi connectivity index (χ0) is 12.7. The Morgan fingerprint density at radius 3 is 2.88 bits per heavy atom. The van der Waals surface area contributed by atoms with Crippen LogP contribution in [0.15, 0.2) is 35.7 Å². The molecule has 90 valence electrons. The van der Waals surface area contributed by atoms with Crippen molar-refractivity contribution in [2.24, 2.45) is 0 Å². The largest absolute Gasteiger partial charge is 0.373 e. The summed E-state index contributed by atoms with van der Waals surface area (Å²) in [6, 6.07) is 8.31. The fourth-order valence-corrected chi connectivity index (χ4v) is 2.28. The lowest BCUT2D eigenvalue weighted by molar-refractivity contribution is 0.800. The van der Waals surface area contributed by atoms with Crippen molar-refractivity contribution in [3.63, 3.8) is 0 Å². The van der Waals surface area contributed by atoms with Gasteiger partial charge in [0, 0.05) is 18.5 Å². The van der Waals surface area contributed by atoms with E-state index in [0.29, 0.717) is 0 Å². The van der Waals surface area contributed by atoms with Crippen LogP contribution in [0.1, 0.15) is 18.4 Å². The van der Waals surface area contributed by atoms with Crippen molar-refractivity contribution >= 4 is 17.4 Å². The number of nitrogens with zero attached hydrogens (tertiary/aromatic N) is 2. The summed E-state index contributed by atoms with van der Waals surface area (Å²) < 4.78 is 0. The molecule has 0 aromatic heterocycles. The number of hydrogen-bond donors (Lipinski definition) is 0. The van der Waals surface area contributed by atoms with Gasteiger partial charge in [0.1, 0.15) is 6.07 Å². The molecule has 0 fully saturated rings. The van der Waals surface area contributed by atoms with Crippen LogP contribution in [-0.4, -0.2) is 19.8 Å². The second-order valence-electron chi connectivity index (χ2n) is 3.82.